The quantitative estimate of drug-likeness (QED) is 0.280. The number of rotatable bonds is 6. The van der Waals surface area contributed by atoms with Gasteiger partial charge >= 0.3 is 0 Å². The number of hydrogen-bond donors (Lipinski definition) is 1. The highest BCUT2D eigenvalue weighted by Crippen LogP contribution is 2.45. The van der Waals surface area contributed by atoms with Gasteiger partial charge in [0.25, 0.3) is 5.91 Å². The first kappa shape index (κ1) is 22.4. The molecule has 1 N–H and O–H groups in total. The predicted octanol–water partition coefficient (Wildman–Crippen LogP) is 6.29. The molecule has 1 aliphatic rings. The van der Waals surface area contributed by atoms with Gasteiger partial charge in [-0.15, -0.1) is 11.6 Å². The Morgan fingerprint density at radius 2 is 1.97 bits per heavy atom. The smallest absolute Gasteiger partial charge is 0.274 e. The number of aromatic nitrogens is 2. The fraction of sp³-hybridized carbons (Fsp3) is 0.172. The van der Waals surface area contributed by atoms with Crippen LogP contribution in [0, 0.1) is 0 Å². The number of pyridine rings is 1. The van der Waals surface area contributed by atoms with Gasteiger partial charge in [0, 0.05) is 46.9 Å². The standard InChI is InChI=1S/C29H24ClN3O3/c1-35-21-9-10-23-19(12-21)13-24(32-23)29(34)33-16-20(15-30)27-22-8-5-11-31-28(22)26(14-25(27)33)36-17-18-6-3-2-4-7-18/h2-14,20,32H,15-17H2,1H3. The average molecular weight is 498 g/mol. The molecule has 0 saturated carbocycles. The molecule has 1 amide bonds. The van der Waals surface area contributed by atoms with Gasteiger partial charge in [-0.3, -0.25) is 9.78 Å². The second kappa shape index (κ2) is 9.21. The first-order chi connectivity index (χ1) is 17.7. The molecule has 180 valence electrons. The molecule has 6 rings (SSSR count). The largest absolute Gasteiger partial charge is 0.497 e. The lowest BCUT2D eigenvalue weighted by Gasteiger charge is -2.19. The van der Waals surface area contributed by atoms with Gasteiger partial charge in [0.15, 0.2) is 0 Å². The van der Waals surface area contributed by atoms with Crippen molar-refractivity contribution in [1.82, 2.24) is 9.97 Å². The molecule has 1 aliphatic heterocycles. The van der Waals surface area contributed by atoms with Crippen molar-refractivity contribution in [2.75, 3.05) is 24.4 Å². The third-order valence-corrected chi connectivity index (χ3v) is 7.08. The van der Waals surface area contributed by atoms with E-state index in [4.69, 9.17) is 21.1 Å². The number of anilines is 1. The number of nitrogens with zero attached hydrogens (tertiary/aromatic N) is 2. The summed E-state index contributed by atoms with van der Waals surface area (Å²) in [6, 6.07) is 23.4. The predicted molar refractivity (Wildman–Crippen MR) is 143 cm³/mol. The van der Waals surface area contributed by atoms with Crippen LogP contribution in [0.5, 0.6) is 11.5 Å². The van der Waals surface area contributed by atoms with E-state index in [2.05, 4.69) is 9.97 Å². The summed E-state index contributed by atoms with van der Waals surface area (Å²) in [6.07, 6.45) is 1.76. The Hall–Kier alpha value is -4.03. The molecule has 1 atom stereocenters. The van der Waals surface area contributed by atoms with E-state index in [-0.39, 0.29) is 11.8 Å². The third kappa shape index (κ3) is 3.84. The number of halogens is 1. The lowest BCUT2D eigenvalue weighted by Crippen LogP contribution is -2.30. The highest BCUT2D eigenvalue weighted by molar-refractivity contribution is 6.19. The maximum Gasteiger partial charge on any atom is 0.274 e. The Morgan fingerprint density at radius 1 is 1.11 bits per heavy atom. The Kier molecular flexibility index (Phi) is 5.74. The van der Waals surface area contributed by atoms with E-state index < -0.39 is 0 Å². The van der Waals surface area contributed by atoms with Gasteiger partial charge in [-0.25, -0.2) is 0 Å². The van der Waals surface area contributed by atoms with Crippen molar-refractivity contribution in [2.45, 2.75) is 12.5 Å². The highest BCUT2D eigenvalue weighted by atomic mass is 35.5. The monoisotopic (exact) mass is 497 g/mol. The molecule has 0 spiro atoms. The van der Waals surface area contributed by atoms with Crippen LogP contribution in [0.3, 0.4) is 0 Å². The minimum atomic E-state index is -0.115. The molecule has 0 radical (unpaired) electrons. The molecule has 3 heterocycles. The molecule has 36 heavy (non-hydrogen) atoms. The van der Waals surface area contributed by atoms with Crippen molar-refractivity contribution < 1.29 is 14.3 Å². The molecular weight excluding hydrogens is 474 g/mol. The average Bonchev–Trinajstić information content (AvgIpc) is 3.53. The van der Waals surface area contributed by atoms with Crippen LogP contribution in [0.2, 0.25) is 0 Å². The van der Waals surface area contributed by atoms with Crippen LogP contribution < -0.4 is 14.4 Å². The number of alkyl halides is 1. The van der Waals surface area contributed by atoms with E-state index >= 15 is 0 Å². The normalized spacial score (nSPS) is 14.8. The molecule has 0 aliphatic carbocycles. The number of carbonyl (C=O) groups is 1. The topological polar surface area (TPSA) is 67.5 Å². The molecule has 0 fully saturated rings. The minimum Gasteiger partial charge on any atom is -0.497 e. The molecule has 1 unspecified atom stereocenters. The lowest BCUT2D eigenvalue weighted by molar-refractivity contribution is 0.0984. The Labute approximate surface area is 213 Å². The summed E-state index contributed by atoms with van der Waals surface area (Å²) < 4.78 is 11.6. The summed E-state index contributed by atoms with van der Waals surface area (Å²) in [4.78, 5) is 23.5. The zero-order chi connectivity index (χ0) is 24.6. The van der Waals surface area contributed by atoms with Crippen LogP contribution in [0.1, 0.15) is 27.5 Å². The van der Waals surface area contributed by atoms with Crippen molar-refractivity contribution in [2.24, 2.45) is 0 Å². The summed E-state index contributed by atoms with van der Waals surface area (Å²) in [6.45, 7) is 0.893. The number of benzene rings is 3. The van der Waals surface area contributed by atoms with Gasteiger partial charge in [0.2, 0.25) is 0 Å². The summed E-state index contributed by atoms with van der Waals surface area (Å²) in [7, 11) is 1.63. The van der Waals surface area contributed by atoms with Crippen molar-refractivity contribution >= 4 is 45.0 Å². The van der Waals surface area contributed by atoms with E-state index in [9.17, 15) is 4.79 Å². The summed E-state index contributed by atoms with van der Waals surface area (Å²) in [5.74, 6) is 1.66. The van der Waals surface area contributed by atoms with Crippen LogP contribution in [0.4, 0.5) is 5.69 Å². The van der Waals surface area contributed by atoms with E-state index in [1.165, 1.54) is 0 Å². The number of methoxy groups -OCH3 is 1. The number of fused-ring (bicyclic) bond motifs is 4. The molecule has 0 saturated heterocycles. The number of amides is 1. The van der Waals surface area contributed by atoms with E-state index in [0.29, 0.717) is 30.5 Å². The molecule has 6 nitrogen and oxygen atoms in total. The van der Waals surface area contributed by atoms with Gasteiger partial charge in [0.1, 0.15) is 29.3 Å². The summed E-state index contributed by atoms with van der Waals surface area (Å²) >= 11 is 6.42. The maximum atomic E-state index is 13.8. The Morgan fingerprint density at radius 3 is 2.78 bits per heavy atom. The Bertz CT molecular complexity index is 1580. The molecule has 0 bridgehead atoms. The van der Waals surface area contributed by atoms with Crippen LogP contribution in [-0.2, 0) is 6.61 Å². The number of hydrogen-bond acceptors (Lipinski definition) is 4. The maximum absolute atomic E-state index is 13.8. The molecule has 2 aromatic heterocycles. The number of aromatic amines is 1. The van der Waals surface area contributed by atoms with E-state index in [1.54, 1.807) is 18.2 Å². The second-order valence-electron chi connectivity index (χ2n) is 8.88. The third-order valence-electron chi connectivity index (χ3n) is 6.70. The minimum absolute atomic E-state index is 0.00929. The zero-order valence-corrected chi connectivity index (χ0v) is 20.5. The SMILES string of the molecule is COc1ccc2[nH]c(C(=O)N3CC(CCl)c4c3cc(OCc3ccccc3)c3ncccc43)cc2c1. The van der Waals surface area contributed by atoms with Gasteiger partial charge in [-0.2, -0.15) is 0 Å². The number of H-pyrrole nitrogens is 1. The van der Waals surface area contributed by atoms with Crippen molar-refractivity contribution in [3.63, 3.8) is 0 Å². The van der Waals surface area contributed by atoms with Gasteiger partial charge in [-0.1, -0.05) is 36.4 Å². The molecule has 7 heteroatoms. The number of carbonyl (C=O) groups excluding carboxylic acids is 1. The van der Waals surface area contributed by atoms with E-state index in [1.807, 2.05) is 72.8 Å². The van der Waals surface area contributed by atoms with Gasteiger partial charge in [0.05, 0.1) is 12.8 Å². The lowest BCUT2D eigenvalue weighted by atomic mass is 9.97. The Balaban J connectivity index is 1.42. The van der Waals surface area contributed by atoms with Crippen LogP contribution in [0.25, 0.3) is 21.8 Å². The molecule has 3 aromatic carbocycles. The van der Waals surface area contributed by atoms with Crippen LogP contribution in [-0.4, -0.2) is 35.4 Å². The van der Waals surface area contributed by atoms with Crippen molar-refractivity contribution in [3.05, 3.63) is 95.8 Å². The van der Waals surface area contributed by atoms with Crippen LogP contribution >= 0.6 is 11.6 Å². The number of ether oxygens (including phenoxy) is 2. The van der Waals surface area contributed by atoms with Crippen molar-refractivity contribution in [3.8, 4) is 11.5 Å². The first-order valence-electron chi connectivity index (χ1n) is 11.8. The van der Waals surface area contributed by atoms with Crippen molar-refractivity contribution in [1.29, 1.82) is 0 Å². The molecular formula is C29H24ClN3O3. The first-order valence-corrected chi connectivity index (χ1v) is 12.3. The van der Waals surface area contributed by atoms with Gasteiger partial charge in [-0.05, 0) is 41.5 Å². The second-order valence-corrected chi connectivity index (χ2v) is 9.19. The van der Waals surface area contributed by atoms with E-state index in [0.717, 1.165) is 44.4 Å². The summed E-state index contributed by atoms with van der Waals surface area (Å²) in [5.41, 5.74) is 5.06. The zero-order valence-electron chi connectivity index (χ0n) is 19.7. The highest BCUT2D eigenvalue weighted by Gasteiger charge is 2.36. The number of nitrogens with one attached hydrogen (secondary N) is 1. The molecule has 5 aromatic rings. The fourth-order valence-corrected chi connectivity index (χ4v) is 5.20. The summed E-state index contributed by atoms with van der Waals surface area (Å²) in [5, 5.41) is 1.88. The van der Waals surface area contributed by atoms with Crippen LogP contribution in [0.15, 0.2) is 79.0 Å². The fourth-order valence-electron chi connectivity index (χ4n) is 4.95. The van der Waals surface area contributed by atoms with Gasteiger partial charge < -0.3 is 19.4 Å².